The lowest BCUT2D eigenvalue weighted by molar-refractivity contribution is -0.156. The highest BCUT2D eigenvalue weighted by Gasteiger charge is 2.48. The first-order valence-corrected chi connectivity index (χ1v) is 14.8. The molecule has 6 nitrogen and oxygen atoms in total. The van der Waals surface area contributed by atoms with E-state index in [9.17, 15) is 14.3 Å². The minimum absolute atomic E-state index is 0.191. The molecule has 3 atom stereocenters. The molecule has 5 rings (SSSR count). The normalized spacial score (nSPS) is 25.4. The third-order valence-electron chi connectivity index (χ3n) is 10.1. The van der Waals surface area contributed by atoms with Crippen molar-refractivity contribution in [3.05, 3.63) is 52.6 Å². The third-order valence-corrected chi connectivity index (χ3v) is 10.1. The Labute approximate surface area is 227 Å². The van der Waals surface area contributed by atoms with Gasteiger partial charge < -0.3 is 14.9 Å². The first-order valence-electron chi connectivity index (χ1n) is 14.8. The lowest BCUT2D eigenvalue weighted by Crippen LogP contribution is -2.48. The Morgan fingerprint density at radius 2 is 1.95 bits per heavy atom. The molecule has 2 aliphatic heterocycles. The van der Waals surface area contributed by atoms with Crippen molar-refractivity contribution in [1.82, 2.24) is 19.6 Å². The summed E-state index contributed by atoms with van der Waals surface area (Å²) in [6, 6.07) is 7.42. The van der Waals surface area contributed by atoms with E-state index in [1.807, 2.05) is 6.07 Å². The van der Waals surface area contributed by atoms with E-state index in [1.165, 1.54) is 23.0 Å². The molecule has 0 spiro atoms. The van der Waals surface area contributed by atoms with Crippen LogP contribution in [-0.4, -0.2) is 69.4 Å². The number of halogens is 1. The lowest BCUT2D eigenvalue weighted by atomic mass is 9.68. The maximum Gasteiger partial charge on any atom is 0.310 e. The maximum atomic E-state index is 14.3. The van der Waals surface area contributed by atoms with Crippen molar-refractivity contribution in [1.29, 1.82) is 0 Å². The third kappa shape index (κ3) is 5.04. The van der Waals surface area contributed by atoms with Gasteiger partial charge in [-0.15, -0.1) is 0 Å². The van der Waals surface area contributed by atoms with Crippen LogP contribution in [0.4, 0.5) is 4.39 Å². The largest absolute Gasteiger partial charge is 0.481 e. The number of piperidine rings is 1. The summed E-state index contributed by atoms with van der Waals surface area (Å²) < 4.78 is 16.4. The molecule has 1 aromatic heterocycles. The smallest absolute Gasteiger partial charge is 0.310 e. The van der Waals surface area contributed by atoms with E-state index in [4.69, 9.17) is 5.10 Å². The zero-order valence-corrected chi connectivity index (χ0v) is 23.6. The van der Waals surface area contributed by atoms with Crippen molar-refractivity contribution in [2.75, 3.05) is 32.7 Å². The molecular weight excluding hydrogens is 479 g/mol. The van der Waals surface area contributed by atoms with Gasteiger partial charge in [0.15, 0.2) is 0 Å². The van der Waals surface area contributed by atoms with Gasteiger partial charge in [0, 0.05) is 43.8 Å². The number of carboxylic acids is 1. The quantitative estimate of drug-likeness (QED) is 0.473. The minimum Gasteiger partial charge on any atom is -0.481 e. The highest BCUT2D eigenvalue weighted by atomic mass is 19.1. The number of nitrogens with zero attached hydrogens (tertiary/aromatic N) is 4. The molecule has 3 fully saturated rings. The summed E-state index contributed by atoms with van der Waals surface area (Å²) in [5.74, 6) is 0.264. The molecule has 1 saturated carbocycles. The Hall–Kier alpha value is -2.25. The van der Waals surface area contributed by atoms with Crippen LogP contribution < -0.4 is 0 Å². The number of aliphatic carboxylic acids is 1. The summed E-state index contributed by atoms with van der Waals surface area (Å²) in [6.07, 6.45) is 5.78. The van der Waals surface area contributed by atoms with Crippen LogP contribution in [0.1, 0.15) is 87.2 Å². The number of aromatic nitrogens is 2. The summed E-state index contributed by atoms with van der Waals surface area (Å²) in [5, 5.41) is 14.8. The Morgan fingerprint density at radius 1 is 1.21 bits per heavy atom. The van der Waals surface area contributed by atoms with Crippen LogP contribution >= 0.6 is 0 Å². The van der Waals surface area contributed by atoms with E-state index in [0.29, 0.717) is 24.4 Å². The molecule has 208 valence electrons. The topological polar surface area (TPSA) is 61.6 Å². The van der Waals surface area contributed by atoms with Gasteiger partial charge in [0.2, 0.25) is 0 Å². The average molecular weight is 525 g/mol. The number of aryl methyl sites for hydroxylation is 2. The van der Waals surface area contributed by atoms with Crippen molar-refractivity contribution in [3.8, 4) is 0 Å². The van der Waals surface area contributed by atoms with Crippen molar-refractivity contribution in [3.63, 3.8) is 0 Å². The second kappa shape index (κ2) is 11.1. The molecule has 2 saturated heterocycles. The second-order valence-electron chi connectivity index (χ2n) is 12.1. The predicted octanol–water partition coefficient (Wildman–Crippen LogP) is 5.45. The van der Waals surface area contributed by atoms with Crippen LogP contribution in [-0.2, 0) is 17.8 Å². The molecule has 2 aromatic rings. The number of likely N-dealkylation sites (tertiary alicyclic amines) is 2. The van der Waals surface area contributed by atoms with Gasteiger partial charge in [-0.2, -0.15) is 5.10 Å². The fraction of sp³-hybridized carbons (Fsp3) is 0.677. The molecule has 1 N–H and O–H groups in total. The van der Waals surface area contributed by atoms with E-state index in [1.54, 1.807) is 6.07 Å². The van der Waals surface area contributed by atoms with E-state index in [0.717, 1.165) is 76.8 Å². The molecule has 0 amide bonds. The molecule has 0 unspecified atom stereocenters. The molecular formula is C31H45FN4O2. The Bertz CT molecular complexity index is 1130. The molecule has 38 heavy (non-hydrogen) atoms. The number of carbonyl (C=O) groups is 1. The first-order chi connectivity index (χ1) is 18.3. The number of hydrogen-bond donors (Lipinski definition) is 1. The standard InChI is InChI=1S/C31H45FN4O2/c1-5-28-29(22(4)36(6-2)33-28)23-11-15-35(16-12-23)21(3)26-18-34(20-31(30(37)38)13-8-14-31)19-27(26)24-9-7-10-25(32)17-24/h7,9-10,17,21,23,26-27H,5-6,8,11-16,18-20H2,1-4H3,(H,37,38)/t21-,26-,27-/m1/s1. The molecule has 1 aliphatic carbocycles. The van der Waals surface area contributed by atoms with Gasteiger partial charge >= 0.3 is 5.97 Å². The SMILES string of the molecule is CCc1nn(CC)c(C)c1C1CCN([C@H](C)[C@H]2CN(CC3(C(=O)O)CCC3)C[C@@H]2c2cccc(F)c2)CC1. The van der Waals surface area contributed by atoms with Crippen molar-refractivity contribution >= 4 is 5.97 Å². The summed E-state index contributed by atoms with van der Waals surface area (Å²) in [4.78, 5) is 17.1. The monoisotopic (exact) mass is 524 g/mol. The van der Waals surface area contributed by atoms with E-state index >= 15 is 0 Å². The van der Waals surface area contributed by atoms with Crippen LogP contribution in [0.5, 0.6) is 0 Å². The van der Waals surface area contributed by atoms with Crippen LogP contribution in [0.3, 0.4) is 0 Å². The van der Waals surface area contributed by atoms with Crippen LogP contribution in [0.25, 0.3) is 0 Å². The molecule has 3 heterocycles. The van der Waals surface area contributed by atoms with Crippen LogP contribution in [0.2, 0.25) is 0 Å². The molecule has 0 bridgehead atoms. The second-order valence-corrected chi connectivity index (χ2v) is 12.1. The highest BCUT2D eigenvalue weighted by molar-refractivity contribution is 5.76. The van der Waals surface area contributed by atoms with Crippen molar-refractivity contribution in [2.24, 2.45) is 11.3 Å². The molecule has 1 aromatic carbocycles. The fourth-order valence-corrected chi connectivity index (χ4v) is 7.68. The van der Waals surface area contributed by atoms with Gasteiger partial charge in [-0.3, -0.25) is 9.48 Å². The number of hydrogen-bond acceptors (Lipinski definition) is 4. The molecule has 7 heteroatoms. The van der Waals surface area contributed by atoms with Gasteiger partial charge in [0.1, 0.15) is 5.82 Å². The number of benzene rings is 1. The summed E-state index contributed by atoms with van der Waals surface area (Å²) in [5.41, 5.74) is 4.52. The van der Waals surface area contributed by atoms with Gasteiger partial charge in [-0.25, -0.2) is 4.39 Å². The lowest BCUT2D eigenvalue weighted by Gasteiger charge is -2.41. The van der Waals surface area contributed by atoms with E-state index in [2.05, 4.69) is 48.2 Å². The van der Waals surface area contributed by atoms with Gasteiger partial charge in [0.05, 0.1) is 11.1 Å². The maximum absolute atomic E-state index is 14.3. The van der Waals surface area contributed by atoms with Crippen LogP contribution in [0.15, 0.2) is 24.3 Å². The fourth-order valence-electron chi connectivity index (χ4n) is 7.68. The van der Waals surface area contributed by atoms with Crippen molar-refractivity contribution < 1.29 is 14.3 Å². The van der Waals surface area contributed by atoms with Gasteiger partial charge in [0.25, 0.3) is 0 Å². The predicted molar refractivity (Wildman–Crippen MR) is 148 cm³/mol. The first kappa shape index (κ1) is 27.3. The Balaban J connectivity index is 1.31. The minimum atomic E-state index is -0.655. The summed E-state index contributed by atoms with van der Waals surface area (Å²) >= 11 is 0. The van der Waals surface area contributed by atoms with E-state index in [-0.39, 0.29) is 11.7 Å². The Kier molecular flexibility index (Phi) is 7.97. The van der Waals surface area contributed by atoms with Gasteiger partial charge in [-0.1, -0.05) is 25.5 Å². The zero-order valence-electron chi connectivity index (χ0n) is 23.6. The summed E-state index contributed by atoms with van der Waals surface area (Å²) in [6.45, 7) is 14.2. The van der Waals surface area contributed by atoms with Gasteiger partial charge in [-0.05, 0) is 101 Å². The summed E-state index contributed by atoms with van der Waals surface area (Å²) in [7, 11) is 0. The van der Waals surface area contributed by atoms with Crippen LogP contribution in [0, 0.1) is 24.1 Å². The zero-order chi connectivity index (χ0) is 27.0. The Morgan fingerprint density at radius 3 is 2.53 bits per heavy atom. The number of carboxylic acid groups (broad SMARTS) is 1. The molecule has 0 radical (unpaired) electrons. The highest BCUT2D eigenvalue weighted by Crippen LogP contribution is 2.45. The van der Waals surface area contributed by atoms with Crippen molar-refractivity contribution in [2.45, 2.75) is 90.6 Å². The van der Waals surface area contributed by atoms with E-state index < -0.39 is 11.4 Å². The molecule has 3 aliphatic rings. The average Bonchev–Trinajstić information content (AvgIpc) is 3.46. The number of rotatable bonds is 9.